The molecule has 0 aliphatic carbocycles. The topological polar surface area (TPSA) is 47.2 Å². The van der Waals surface area contributed by atoms with Gasteiger partial charge in [0.15, 0.2) is 5.58 Å². The first kappa shape index (κ1) is 15.4. The summed E-state index contributed by atoms with van der Waals surface area (Å²) in [6.07, 6.45) is 0. The number of hydrogen-bond donors (Lipinski definition) is 1. The molecule has 4 nitrogen and oxygen atoms in total. The van der Waals surface area contributed by atoms with E-state index in [4.69, 9.17) is 4.42 Å². The van der Waals surface area contributed by atoms with Crippen LogP contribution in [0.2, 0.25) is 0 Å². The molecule has 0 saturated carbocycles. The largest absolute Gasteiger partial charge is 0.460 e. The van der Waals surface area contributed by atoms with Crippen LogP contribution in [0.5, 0.6) is 0 Å². The molecule has 3 aromatic rings. The van der Waals surface area contributed by atoms with Crippen molar-refractivity contribution in [2.24, 2.45) is 5.92 Å². The number of hydrogen-bond acceptors (Lipinski definition) is 2. The number of amides is 1. The lowest BCUT2D eigenvalue weighted by Crippen LogP contribution is -2.29. The highest BCUT2D eigenvalue weighted by molar-refractivity contribution is 5.97. The summed E-state index contributed by atoms with van der Waals surface area (Å²) in [5.41, 5.74) is 3.51. The third kappa shape index (κ3) is 3.31. The van der Waals surface area contributed by atoms with E-state index in [0.29, 0.717) is 24.7 Å². The average Bonchev–Trinajstić information content (AvgIpc) is 3.03. The summed E-state index contributed by atoms with van der Waals surface area (Å²) >= 11 is 0. The van der Waals surface area contributed by atoms with Crippen LogP contribution in [0, 0.1) is 12.8 Å². The molecule has 120 valence electrons. The van der Waals surface area contributed by atoms with Crippen molar-refractivity contribution in [1.29, 1.82) is 0 Å². The lowest BCUT2D eigenvalue weighted by atomic mass is 10.2. The van der Waals surface area contributed by atoms with E-state index in [2.05, 4.69) is 31.3 Å². The Kier molecular flexibility index (Phi) is 4.24. The molecule has 0 radical (unpaired) electrons. The van der Waals surface area contributed by atoms with Crippen LogP contribution < -0.4 is 5.32 Å². The molecular formula is C19H22N2O2. The van der Waals surface area contributed by atoms with E-state index in [1.807, 2.05) is 41.8 Å². The normalized spacial score (nSPS) is 11.3. The number of carbonyl (C=O) groups is 1. The van der Waals surface area contributed by atoms with Crippen LogP contribution in [-0.4, -0.2) is 17.0 Å². The van der Waals surface area contributed by atoms with E-state index in [1.54, 1.807) is 0 Å². The summed E-state index contributed by atoms with van der Waals surface area (Å²) in [6.45, 7) is 7.39. The highest BCUT2D eigenvalue weighted by Crippen LogP contribution is 2.25. The zero-order valence-electron chi connectivity index (χ0n) is 13.8. The van der Waals surface area contributed by atoms with Crippen LogP contribution in [0.25, 0.3) is 11.1 Å². The van der Waals surface area contributed by atoms with Gasteiger partial charge in [-0.15, -0.1) is 0 Å². The minimum absolute atomic E-state index is 0.0568. The van der Waals surface area contributed by atoms with Gasteiger partial charge in [0, 0.05) is 25.2 Å². The van der Waals surface area contributed by atoms with Crippen LogP contribution in [-0.2, 0) is 6.54 Å². The van der Waals surface area contributed by atoms with Crippen molar-refractivity contribution in [3.8, 4) is 0 Å². The van der Waals surface area contributed by atoms with Gasteiger partial charge in [0.2, 0.25) is 0 Å². The lowest BCUT2D eigenvalue weighted by molar-refractivity contribution is 0.0940. The molecule has 0 bridgehead atoms. The van der Waals surface area contributed by atoms with Crippen molar-refractivity contribution >= 4 is 17.0 Å². The molecule has 3 rings (SSSR count). The van der Waals surface area contributed by atoms with Gasteiger partial charge >= 0.3 is 0 Å². The molecule has 0 aliphatic heterocycles. The molecule has 0 aliphatic rings. The summed E-state index contributed by atoms with van der Waals surface area (Å²) in [4.78, 5) is 12.5. The maximum absolute atomic E-state index is 12.5. The number of benzene rings is 1. The number of furan rings is 1. The molecule has 4 heteroatoms. The Balaban J connectivity index is 1.98. The maximum Gasteiger partial charge on any atom is 0.268 e. The van der Waals surface area contributed by atoms with E-state index in [9.17, 15) is 4.79 Å². The van der Waals surface area contributed by atoms with Gasteiger partial charge in [0.25, 0.3) is 5.91 Å². The third-order valence-electron chi connectivity index (χ3n) is 3.80. The van der Waals surface area contributed by atoms with Crippen molar-refractivity contribution in [1.82, 2.24) is 9.88 Å². The average molecular weight is 310 g/mol. The Hall–Kier alpha value is -2.49. The summed E-state index contributed by atoms with van der Waals surface area (Å²) in [5.74, 6) is 1.21. The Bertz CT molecular complexity index is 813. The van der Waals surface area contributed by atoms with Crippen LogP contribution in [0.3, 0.4) is 0 Å². The smallest absolute Gasteiger partial charge is 0.268 e. The van der Waals surface area contributed by atoms with Crippen molar-refractivity contribution in [2.75, 3.05) is 6.54 Å². The summed E-state index contributed by atoms with van der Waals surface area (Å²) in [6, 6.07) is 14.0. The number of rotatable bonds is 5. The SMILES string of the molecule is Cc1cc2c(cc(C(=O)NCC(C)C)n2Cc2ccccc2)o1. The third-order valence-corrected chi connectivity index (χ3v) is 3.80. The van der Waals surface area contributed by atoms with Crippen molar-refractivity contribution < 1.29 is 9.21 Å². The molecular weight excluding hydrogens is 288 g/mol. The molecule has 0 saturated heterocycles. The lowest BCUT2D eigenvalue weighted by Gasteiger charge is -2.12. The van der Waals surface area contributed by atoms with E-state index in [1.165, 1.54) is 0 Å². The van der Waals surface area contributed by atoms with E-state index in [-0.39, 0.29) is 5.91 Å². The summed E-state index contributed by atoms with van der Waals surface area (Å²) in [5, 5.41) is 2.99. The van der Waals surface area contributed by atoms with Crippen LogP contribution in [0.4, 0.5) is 0 Å². The van der Waals surface area contributed by atoms with Crippen molar-refractivity contribution in [3.05, 3.63) is 59.5 Å². The van der Waals surface area contributed by atoms with Gasteiger partial charge in [0.1, 0.15) is 11.5 Å². The predicted molar refractivity (Wildman–Crippen MR) is 91.7 cm³/mol. The number of aryl methyl sites for hydroxylation is 1. The number of fused-ring (bicyclic) bond motifs is 1. The first-order valence-electron chi connectivity index (χ1n) is 7.96. The molecule has 0 fully saturated rings. The van der Waals surface area contributed by atoms with Crippen LogP contribution >= 0.6 is 0 Å². The Morgan fingerprint density at radius 3 is 2.65 bits per heavy atom. The van der Waals surface area contributed by atoms with Gasteiger partial charge in [-0.2, -0.15) is 0 Å². The second kappa shape index (κ2) is 6.32. The second-order valence-electron chi connectivity index (χ2n) is 6.31. The van der Waals surface area contributed by atoms with Crippen LogP contribution in [0.15, 0.2) is 46.9 Å². The minimum atomic E-state index is -0.0568. The quantitative estimate of drug-likeness (QED) is 0.775. The number of nitrogens with zero attached hydrogens (tertiary/aromatic N) is 1. The molecule has 0 atom stereocenters. The molecule has 1 aromatic carbocycles. The zero-order chi connectivity index (χ0) is 16.4. The molecule has 1 N–H and O–H groups in total. The molecule has 0 spiro atoms. The summed E-state index contributed by atoms with van der Waals surface area (Å²) in [7, 11) is 0. The summed E-state index contributed by atoms with van der Waals surface area (Å²) < 4.78 is 7.73. The fraction of sp³-hybridized carbons (Fsp3) is 0.316. The van der Waals surface area contributed by atoms with Gasteiger partial charge in [-0.1, -0.05) is 44.2 Å². The maximum atomic E-state index is 12.5. The number of nitrogens with one attached hydrogen (secondary N) is 1. The molecule has 2 heterocycles. The number of carbonyl (C=O) groups excluding carboxylic acids is 1. The fourth-order valence-corrected chi connectivity index (χ4v) is 2.68. The Labute approximate surface area is 136 Å². The standard InChI is InChI=1S/C19H22N2O2/c1-13(2)11-20-19(22)17-10-18-16(9-14(3)23-18)21(17)12-15-7-5-4-6-8-15/h4-10,13H,11-12H2,1-3H3,(H,20,22). The fourth-order valence-electron chi connectivity index (χ4n) is 2.68. The van der Waals surface area contributed by atoms with Gasteiger partial charge in [0.05, 0.1) is 5.52 Å². The molecule has 23 heavy (non-hydrogen) atoms. The first-order valence-corrected chi connectivity index (χ1v) is 7.96. The second-order valence-corrected chi connectivity index (χ2v) is 6.31. The van der Waals surface area contributed by atoms with E-state index in [0.717, 1.165) is 22.4 Å². The Morgan fingerprint density at radius 1 is 1.22 bits per heavy atom. The van der Waals surface area contributed by atoms with Gasteiger partial charge in [-0.05, 0) is 18.4 Å². The highest BCUT2D eigenvalue weighted by atomic mass is 16.3. The minimum Gasteiger partial charge on any atom is -0.460 e. The van der Waals surface area contributed by atoms with Gasteiger partial charge in [-0.25, -0.2) is 0 Å². The highest BCUT2D eigenvalue weighted by Gasteiger charge is 2.18. The van der Waals surface area contributed by atoms with Crippen molar-refractivity contribution in [3.63, 3.8) is 0 Å². The van der Waals surface area contributed by atoms with Crippen molar-refractivity contribution in [2.45, 2.75) is 27.3 Å². The molecule has 1 amide bonds. The monoisotopic (exact) mass is 310 g/mol. The van der Waals surface area contributed by atoms with E-state index >= 15 is 0 Å². The predicted octanol–water partition coefficient (Wildman–Crippen LogP) is 3.98. The molecule has 0 unspecified atom stereocenters. The molecule has 2 aromatic heterocycles. The van der Waals surface area contributed by atoms with Gasteiger partial charge in [-0.3, -0.25) is 4.79 Å². The first-order chi connectivity index (χ1) is 11.0. The van der Waals surface area contributed by atoms with Crippen LogP contribution in [0.1, 0.15) is 35.7 Å². The number of aromatic nitrogens is 1. The zero-order valence-corrected chi connectivity index (χ0v) is 13.8. The Morgan fingerprint density at radius 2 is 1.96 bits per heavy atom. The van der Waals surface area contributed by atoms with Gasteiger partial charge < -0.3 is 14.3 Å². The van der Waals surface area contributed by atoms with E-state index < -0.39 is 0 Å².